The highest BCUT2D eigenvalue weighted by Crippen LogP contribution is 2.26. The van der Waals surface area contributed by atoms with Crippen LogP contribution in [0.3, 0.4) is 0 Å². The number of unbranched alkanes of at least 4 members (excludes halogenated alkanes) is 5. The van der Waals surface area contributed by atoms with E-state index in [1.807, 2.05) is 0 Å². The average molecular weight is 400 g/mol. The minimum atomic E-state index is 0.864. The van der Waals surface area contributed by atoms with Crippen molar-refractivity contribution < 1.29 is 0 Å². The number of rotatable bonds is 9. The maximum Gasteiger partial charge on any atom is 0.225 e. The van der Waals surface area contributed by atoms with Crippen LogP contribution in [0.5, 0.6) is 0 Å². The zero-order chi connectivity index (χ0) is 19.9. The number of fused-ring (bicyclic) bond motifs is 1. The lowest BCUT2D eigenvalue weighted by Crippen LogP contribution is -2.52. The van der Waals surface area contributed by atoms with E-state index in [9.17, 15) is 0 Å². The predicted octanol–water partition coefficient (Wildman–Crippen LogP) is 3.91. The van der Waals surface area contributed by atoms with Crippen LogP contribution in [0, 0.1) is 0 Å². The Morgan fingerprint density at radius 2 is 1.66 bits per heavy atom. The maximum absolute atomic E-state index is 5.04. The lowest BCUT2D eigenvalue weighted by molar-refractivity contribution is 0.120. The molecule has 0 aromatic carbocycles. The van der Waals surface area contributed by atoms with Crippen molar-refractivity contribution >= 4 is 5.95 Å². The molecule has 1 saturated carbocycles. The van der Waals surface area contributed by atoms with Gasteiger partial charge in [0, 0.05) is 57.9 Å². The highest BCUT2D eigenvalue weighted by molar-refractivity contribution is 5.34. The van der Waals surface area contributed by atoms with Crippen molar-refractivity contribution in [3.63, 3.8) is 0 Å². The van der Waals surface area contributed by atoms with E-state index in [0.29, 0.717) is 0 Å². The molecule has 1 aromatic heterocycles. The molecule has 2 fully saturated rings. The molecule has 1 aromatic rings. The number of hydrogen-bond donors (Lipinski definition) is 0. The summed E-state index contributed by atoms with van der Waals surface area (Å²) in [5, 5.41) is 0. The van der Waals surface area contributed by atoms with Crippen molar-refractivity contribution in [1.29, 1.82) is 0 Å². The minimum Gasteiger partial charge on any atom is -0.338 e. The summed E-state index contributed by atoms with van der Waals surface area (Å²) in [6.07, 6.45) is 16.9. The van der Waals surface area contributed by atoms with E-state index < -0.39 is 0 Å². The molecular weight excluding hydrogens is 358 g/mol. The van der Waals surface area contributed by atoms with Crippen molar-refractivity contribution in [1.82, 2.24) is 19.8 Å². The SMILES string of the molecule is CCCCCCCCN1CCc2cnc(N3CCN(C4CCC4)CC3)nc2CC1. The highest BCUT2D eigenvalue weighted by atomic mass is 15.3. The Morgan fingerprint density at radius 1 is 0.897 bits per heavy atom. The third-order valence-electron chi connectivity index (χ3n) is 7.32. The summed E-state index contributed by atoms with van der Waals surface area (Å²) in [6.45, 7) is 10.4. The number of aromatic nitrogens is 2. The molecule has 3 heterocycles. The van der Waals surface area contributed by atoms with E-state index in [2.05, 4.69) is 27.8 Å². The molecular formula is C24H41N5. The molecule has 5 nitrogen and oxygen atoms in total. The Hall–Kier alpha value is -1.20. The van der Waals surface area contributed by atoms with Crippen molar-refractivity contribution in [2.45, 2.75) is 83.6 Å². The predicted molar refractivity (Wildman–Crippen MR) is 121 cm³/mol. The highest BCUT2D eigenvalue weighted by Gasteiger charge is 2.29. The van der Waals surface area contributed by atoms with Gasteiger partial charge in [0.25, 0.3) is 0 Å². The number of hydrogen-bond acceptors (Lipinski definition) is 5. The van der Waals surface area contributed by atoms with Gasteiger partial charge in [0.1, 0.15) is 0 Å². The van der Waals surface area contributed by atoms with Crippen LogP contribution >= 0.6 is 0 Å². The second kappa shape index (κ2) is 10.7. The van der Waals surface area contributed by atoms with Crippen LogP contribution in [-0.4, -0.2) is 71.6 Å². The molecule has 0 spiro atoms. The molecule has 5 heteroatoms. The third kappa shape index (κ3) is 5.69. The van der Waals surface area contributed by atoms with Crippen LogP contribution < -0.4 is 4.90 Å². The second-order valence-corrected chi connectivity index (χ2v) is 9.36. The molecule has 2 aliphatic heterocycles. The first kappa shape index (κ1) is 21.0. The molecule has 0 atom stereocenters. The summed E-state index contributed by atoms with van der Waals surface area (Å²) < 4.78 is 0. The van der Waals surface area contributed by atoms with Crippen molar-refractivity contribution in [3.8, 4) is 0 Å². The smallest absolute Gasteiger partial charge is 0.225 e. The minimum absolute atomic E-state index is 0.864. The van der Waals surface area contributed by atoms with Gasteiger partial charge in [-0.15, -0.1) is 0 Å². The Kier molecular flexibility index (Phi) is 7.78. The fourth-order valence-corrected chi connectivity index (χ4v) is 5.04. The summed E-state index contributed by atoms with van der Waals surface area (Å²) in [6, 6.07) is 0.864. The summed E-state index contributed by atoms with van der Waals surface area (Å²) in [5.74, 6) is 0.974. The first-order chi connectivity index (χ1) is 14.3. The van der Waals surface area contributed by atoms with Crippen molar-refractivity contribution in [3.05, 3.63) is 17.5 Å². The van der Waals surface area contributed by atoms with Gasteiger partial charge in [-0.2, -0.15) is 0 Å². The zero-order valence-electron chi connectivity index (χ0n) is 18.6. The topological polar surface area (TPSA) is 35.5 Å². The molecule has 4 rings (SSSR count). The van der Waals surface area contributed by atoms with E-state index >= 15 is 0 Å². The summed E-state index contributed by atoms with van der Waals surface area (Å²) in [4.78, 5) is 17.5. The molecule has 162 valence electrons. The van der Waals surface area contributed by atoms with Gasteiger partial charge in [-0.3, -0.25) is 4.90 Å². The second-order valence-electron chi connectivity index (χ2n) is 9.36. The molecule has 0 N–H and O–H groups in total. The van der Waals surface area contributed by atoms with Crippen LogP contribution in [0.1, 0.15) is 76.0 Å². The average Bonchev–Trinajstić information content (AvgIpc) is 2.92. The van der Waals surface area contributed by atoms with Gasteiger partial charge < -0.3 is 9.80 Å². The first-order valence-corrected chi connectivity index (χ1v) is 12.4. The molecule has 0 amide bonds. The lowest BCUT2D eigenvalue weighted by Gasteiger charge is -2.43. The monoisotopic (exact) mass is 399 g/mol. The molecule has 0 radical (unpaired) electrons. The first-order valence-electron chi connectivity index (χ1n) is 12.4. The molecule has 0 bridgehead atoms. The van der Waals surface area contributed by atoms with Crippen LogP contribution in [0.25, 0.3) is 0 Å². The molecule has 1 aliphatic carbocycles. The summed E-state index contributed by atoms with van der Waals surface area (Å²) in [5.41, 5.74) is 2.69. The Morgan fingerprint density at radius 3 is 2.41 bits per heavy atom. The lowest BCUT2D eigenvalue weighted by atomic mass is 9.91. The van der Waals surface area contributed by atoms with Gasteiger partial charge in [-0.1, -0.05) is 45.4 Å². The fraction of sp³-hybridized carbons (Fsp3) is 0.833. The van der Waals surface area contributed by atoms with Crippen LogP contribution in [0.4, 0.5) is 5.95 Å². The quantitative estimate of drug-likeness (QED) is 0.588. The van der Waals surface area contributed by atoms with Crippen molar-refractivity contribution in [2.24, 2.45) is 0 Å². The van der Waals surface area contributed by atoms with Gasteiger partial charge in [0.2, 0.25) is 5.95 Å². The van der Waals surface area contributed by atoms with Crippen LogP contribution in [-0.2, 0) is 12.8 Å². The standard InChI is InChI=1S/C24H41N5/c1-2-3-4-5-6-7-13-27-14-11-21-20-25-24(26-23(21)12-15-27)29-18-16-28(17-19-29)22-9-8-10-22/h20,22H,2-19H2,1H3. The van der Waals surface area contributed by atoms with Crippen molar-refractivity contribution in [2.75, 3.05) is 50.7 Å². The van der Waals surface area contributed by atoms with Gasteiger partial charge in [0.05, 0.1) is 5.69 Å². The van der Waals surface area contributed by atoms with E-state index in [-0.39, 0.29) is 0 Å². The Bertz CT molecular complexity index is 622. The van der Waals surface area contributed by atoms with Gasteiger partial charge in [-0.05, 0) is 37.8 Å². The Balaban J connectivity index is 1.23. The molecule has 1 saturated heterocycles. The molecule has 3 aliphatic rings. The van der Waals surface area contributed by atoms with E-state index in [0.717, 1.165) is 44.5 Å². The normalized spacial score (nSPS) is 21.6. The summed E-state index contributed by atoms with van der Waals surface area (Å²) >= 11 is 0. The largest absolute Gasteiger partial charge is 0.338 e. The van der Waals surface area contributed by atoms with E-state index in [4.69, 9.17) is 9.97 Å². The van der Waals surface area contributed by atoms with Crippen LogP contribution in [0.15, 0.2) is 6.20 Å². The fourth-order valence-electron chi connectivity index (χ4n) is 5.04. The Labute approximate surface area is 177 Å². The zero-order valence-corrected chi connectivity index (χ0v) is 18.6. The number of anilines is 1. The summed E-state index contributed by atoms with van der Waals surface area (Å²) in [7, 11) is 0. The molecule has 0 unspecified atom stereocenters. The molecule has 29 heavy (non-hydrogen) atoms. The van der Waals surface area contributed by atoms with E-state index in [1.54, 1.807) is 0 Å². The van der Waals surface area contributed by atoms with Gasteiger partial charge in [0.15, 0.2) is 0 Å². The third-order valence-corrected chi connectivity index (χ3v) is 7.32. The van der Waals surface area contributed by atoms with Gasteiger partial charge in [-0.25, -0.2) is 9.97 Å². The van der Waals surface area contributed by atoms with Gasteiger partial charge >= 0.3 is 0 Å². The number of nitrogens with zero attached hydrogens (tertiary/aromatic N) is 5. The maximum atomic E-state index is 5.04. The van der Waals surface area contributed by atoms with E-state index in [1.165, 1.54) is 95.2 Å². The van der Waals surface area contributed by atoms with Crippen LogP contribution in [0.2, 0.25) is 0 Å². The number of piperazine rings is 1.